The van der Waals surface area contributed by atoms with Gasteiger partial charge in [0.2, 0.25) is 5.91 Å². The first kappa shape index (κ1) is 92.8. The minimum atomic E-state index is -0.843. The average molecular weight is 1330 g/mol. The van der Waals surface area contributed by atoms with Crippen molar-refractivity contribution in [2.24, 2.45) is 0 Å². The Bertz CT molecular complexity index is 1590. The number of allylic oxidation sites excluding steroid dienone is 7. The highest BCUT2D eigenvalue weighted by Crippen LogP contribution is 2.20. The van der Waals surface area contributed by atoms with Crippen LogP contribution in [0.15, 0.2) is 48.6 Å². The maximum absolute atomic E-state index is 12.5. The minimum Gasteiger partial charge on any atom is -0.466 e. The second kappa shape index (κ2) is 84.2. The van der Waals surface area contributed by atoms with Gasteiger partial charge in [-0.2, -0.15) is 0 Å². The fourth-order valence-electron chi connectivity index (χ4n) is 13.7. The van der Waals surface area contributed by atoms with Gasteiger partial charge in [-0.05, 0) is 89.9 Å². The molecule has 6 heteroatoms. The summed E-state index contributed by atoms with van der Waals surface area (Å²) in [5.74, 6) is -0.0400. The lowest BCUT2D eigenvalue weighted by Crippen LogP contribution is -2.45. The number of unbranched alkanes of at least 4 members (excludes halogenated alkanes) is 65. The van der Waals surface area contributed by atoms with E-state index in [1.165, 1.54) is 411 Å². The molecule has 2 atom stereocenters. The smallest absolute Gasteiger partial charge is 0.305 e. The molecular weight excluding hydrogens is 1160 g/mol. The molecule has 0 bridgehead atoms. The number of hydrogen-bond donors (Lipinski definition) is 3. The normalized spacial score (nSPS) is 12.7. The SMILES string of the molecule is CCCCC/C=C\C/C=C\CCCCCCCCCCCC(=O)OCCCCCCCCCCCCCCCCCCCC/C=C\CCCCCCCCCCCCCCCCCCCC(=O)NC(CO)C(O)/C=C/CCCCCCCCCCCCCCCCCCCC. The summed E-state index contributed by atoms with van der Waals surface area (Å²) >= 11 is 0. The number of hydrogen-bond acceptors (Lipinski definition) is 5. The van der Waals surface area contributed by atoms with E-state index >= 15 is 0 Å². The van der Waals surface area contributed by atoms with Gasteiger partial charge in [-0.15, -0.1) is 0 Å². The van der Waals surface area contributed by atoms with Crippen LogP contribution in [-0.2, 0) is 14.3 Å². The second-order valence-corrected chi connectivity index (χ2v) is 29.9. The largest absolute Gasteiger partial charge is 0.466 e. The monoisotopic (exact) mass is 1330 g/mol. The molecule has 0 aliphatic rings. The van der Waals surface area contributed by atoms with Crippen molar-refractivity contribution in [2.75, 3.05) is 13.2 Å². The predicted molar refractivity (Wildman–Crippen MR) is 421 cm³/mol. The first-order chi connectivity index (χ1) is 47.0. The van der Waals surface area contributed by atoms with E-state index in [9.17, 15) is 19.8 Å². The standard InChI is InChI=1S/C89H169NO5/c1-3-5-7-9-11-13-15-17-19-21-23-46-49-53-57-61-65-69-73-77-81-87(92)86(85-91)90-88(93)82-78-74-70-66-62-58-54-50-47-43-41-39-37-35-33-31-29-27-25-24-26-28-30-32-34-36-38-40-42-44-48-52-56-60-64-68-72-76-80-84-95-89(94)83-79-75-71-67-63-59-55-51-45-22-20-18-16-14-12-10-8-6-4-2/h12,14,18,20,24-25,77,81,86-87,91-92H,3-11,13,15-17,19,21-23,26-76,78-80,82-85H2,1-2H3,(H,90,93)/b14-12-,20-18-,25-24-,81-77+. The Hall–Kier alpha value is -2.18. The number of aliphatic hydroxyl groups is 2. The summed E-state index contributed by atoms with van der Waals surface area (Å²) in [5.41, 5.74) is 0. The summed E-state index contributed by atoms with van der Waals surface area (Å²) in [5, 5.41) is 23.3. The van der Waals surface area contributed by atoms with Gasteiger partial charge in [-0.1, -0.05) is 428 Å². The maximum atomic E-state index is 12.5. The predicted octanol–water partition coefficient (Wildman–Crippen LogP) is 29.1. The molecule has 0 fully saturated rings. The molecule has 3 N–H and O–H groups in total. The second-order valence-electron chi connectivity index (χ2n) is 29.9. The Kier molecular flexibility index (Phi) is 82.3. The highest BCUT2D eigenvalue weighted by atomic mass is 16.5. The molecule has 0 saturated heterocycles. The van der Waals surface area contributed by atoms with Crippen LogP contribution in [0, 0.1) is 0 Å². The van der Waals surface area contributed by atoms with Gasteiger partial charge in [0.1, 0.15) is 0 Å². The molecular formula is C89H169NO5. The number of ether oxygens (including phenoxy) is 1. The maximum Gasteiger partial charge on any atom is 0.305 e. The number of nitrogens with one attached hydrogen (secondary N) is 1. The molecule has 0 radical (unpaired) electrons. The number of carbonyl (C=O) groups is 2. The van der Waals surface area contributed by atoms with Crippen LogP contribution in [0.4, 0.5) is 0 Å². The number of rotatable bonds is 82. The van der Waals surface area contributed by atoms with Crippen molar-refractivity contribution in [1.29, 1.82) is 0 Å². The van der Waals surface area contributed by atoms with Crippen LogP contribution in [0.3, 0.4) is 0 Å². The van der Waals surface area contributed by atoms with Gasteiger partial charge in [-0.25, -0.2) is 0 Å². The lowest BCUT2D eigenvalue weighted by Gasteiger charge is -2.20. The van der Waals surface area contributed by atoms with Crippen LogP contribution in [0.5, 0.6) is 0 Å². The van der Waals surface area contributed by atoms with Gasteiger partial charge in [-0.3, -0.25) is 9.59 Å². The van der Waals surface area contributed by atoms with Gasteiger partial charge in [0.25, 0.3) is 0 Å². The Morgan fingerprint density at radius 2 is 0.526 bits per heavy atom. The van der Waals surface area contributed by atoms with E-state index in [-0.39, 0.29) is 18.5 Å². The number of carbonyl (C=O) groups excluding carboxylic acids is 2. The Balaban J connectivity index is 3.34. The van der Waals surface area contributed by atoms with Gasteiger partial charge in [0.15, 0.2) is 0 Å². The van der Waals surface area contributed by atoms with Gasteiger partial charge in [0, 0.05) is 12.8 Å². The van der Waals surface area contributed by atoms with Crippen molar-refractivity contribution in [1.82, 2.24) is 5.32 Å². The molecule has 0 spiro atoms. The van der Waals surface area contributed by atoms with E-state index in [1.54, 1.807) is 6.08 Å². The summed E-state index contributed by atoms with van der Waals surface area (Å²) in [6, 6.07) is -0.626. The van der Waals surface area contributed by atoms with Crippen molar-refractivity contribution in [3.05, 3.63) is 48.6 Å². The van der Waals surface area contributed by atoms with E-state index in [0.29, 0.717) is 19.4 Å². The van der Waals surface area contributed by atoms with Crippen LogP contribution in [0.1, 0.15) is 483 Å². The quantitative estimate of drug-likeness (QED) is 0.0320. The van der Waals surface area contributed by atoms with Gasteiger partial charge < -0.3 is 20.3 Å². The summed E-state index contributed by atoms with van der Waals surface area (Å²) in [7, 11) is 0. The summed E-state index contributed by atoms with van der Waals surface area (Å²) in [6.45, 7) is 4.93. The van der Waals surface area contributed by atoms with Crippen LogP contribution in [0.2, 0.25) is 0 Å². The van der Waals surface area contributed by atoms with Crippen molar-refractivity contribution in [3.8, 4) is 0 Å². The van der Waals surface area contributed by atoms with Crippen LogP contribution in [0.25, 0.3) is 0 Å². The zero-order chi connectivity index (χ0) is 68.4. The van der Waals surface area contributed by atoms with Crippen molar-refractivity contribution in [2.45, 2.75) is 495 Å². The molecule has 2 unspecified atom stereocenters. The fraction of sp³-hybridized carbons (Fsp3) is 0.888. The molecule has 0 aliphatic heterocycles. The molecule has 1 amide bonds. The first-order valence-corrected chi connectivity index (χ1v) is 43.4. The van der Waals surface area contributed by atoms with E-state index in [0.717, 1.165) is 44.9 Å². The summed E-state index contributed by atoms with van der Waals surface area (Å²) in [6.07, 6.45) is 113. The Labute approximate surface area is 595 Å². The first-order valence-electron chi connectivity index (χ1n) is 43.4. The fourth-order valence-corrected chi connectivity index (χ4v) is 13.7. The van der Waals surface area contributed by atoms with E-state index in [4.69, 9.17) is 4.74 Å². The molecule has 0 aromatic rings. The third-order valence-corrected chi connectivity index (χ3v) is 20.3. The van der Waals surface area contributed by atoms with E-state index in [1.807, 2.05) is 6.08 Å². The minimum absolute atomic E-state index is 0.0192. The Morgan fingerprint density at radius 3 is 0.832 bits per heavy atom. The molecule has 0 aliphatic carbocycles. The molecule has 6 nitrogen and oxygen atoms in total. The highest BCUT2D eigenvalue weighted by molar-refractivity contribution is 5.76. The molecule has 95 heavy (non-hydrogen) atoms. The number of esters is 1. The van der Waals surface area contributed by atoms with E-state index in [2.05, 4.69) is 55.6 Å². The number of aliphatic hydroxyl groups excluding tert-OH is 2. The summed E-state index contributed by atoms with van der Waals surface area (Å²) < 4.78 is 5.52. The molecule has 0 saturated carbocycles. The van der Waals surface area contributed by atoms with Crippen molar-refractivity contribution in [3.63, 3.8) is 0 Å². The molecule has 0 rings (SSSR count). The zero-order valence-electron chi connectivity index (χ0n) is 64.4. The molecule has 0 aromatic carbocycles. The molecule has 560 valence electrons. The van der Waals surface area contributed by atoms with Crippen LogP contribution < -0.4 is 5.32 Å². The third kappa shape index (κ3) is 80.7. The van der Waals surface area contributed by atoms with Crippen LogP contribution >= 0.6 is 0 Å². The number of amides is 1. The zero-order valence-corrected chi connectivity index (χ0v) is 64.4. The summed E-state index contributed by atoms with van der Waals surface area (Å²) in [4.78, 5) is 24.7. The van der Waals surface area contributed by atoms with Crippen molar-refractivity contribution < 1.29 is 24.5 Å². The van der Waals surface area contributed by atoms with Crippen LogP contribution in [-0.4, -0.2) is 47.4 Å². The van der Waals surface area contributed by atoms with Gasteiger partial charge >= 0.3 is 5.97 Å². The Morgan fingerprint density at radius 1 is 0.295 bits per heavy atom. The lowest BCUT2D eigenvalue weighted by molar-refractivity contribution is -0.143. The molecule has 0 heterocycles. The van der Waals surface area contributed by atoms with E-state index < -0.39 is 12.1 Å². The van der Waals surface area contributed by atoms with Crippen molar-refractivity contribution >= 4 is 11.9 Å². The average Bonchev–Trinajstić information content (AvgIpc) is 2.96. The molecule has 0 aromatic heterocycles. The highest BCUT2D eigenvalue weighted by Gasteiger charge is 2.18. The third-order valence-electron chi connectivity index (χ3n) is 20.3. The topological polar surface area (TPSA) is 95.9 Å². The van der Waals surface area contributed by atoms with Gasteiger partial charge in [0.05, 0.1) is 25.4 Å². The lowest BCUT2D eigenvalue weighted by atomic mass is 10.0.